The summed E-state index contributed by atoms with van der Waals surface area (Å²) < 4.78 is 14.0. The second kappa shape index (κ2) is 9.32. The van der Waals surface area contributed by atoms with E-state index in [1.165, 1.54) is 0 Å². The van der Waals surface area contributed by atoms with Crippen LogP contribution in [0, 0.1) is 5.82 Å². The fourth-order valence-corrected chi connectivity index (χ4v) is 2.61. The quantitative estimate of drug-likeness (QED) is 0.747. The third-order valence-corrected chi connectivity index (χ3v) is 3.97. The normalized spacial score (nSPS) is 12.9. The van der Waals surface area contributed by atoms with Gasteiger partial charge < -0.3 is 10.2 Å². The van der Waals surface area contributed by atoms with Gasteiger partial charge in [-0.1, -0.05) is 44.5 Å². The molecule has 0 spiro atoms. The van der Waals surface area contributed by atoms with E-state index >= 15 is 0 Å². The molecule has 0 saturated heterocycles. The smallest absolute Gasteiger partial charge is 0.145 e. The molecule has 0 bridgehead atoms. The summed E-state index contributed by atoms with van der Waals surface area (Å²) in [5.74, 6) is -0.278. The van der Waals surface area contributed by atoms with Crippen molar-refractivity contribution in [3.05, 3.63) is 34.6 Å². The van der Waals surface area contributed by atoms with Crippen molar-refractivity contribution in [2.45, 2.75) is 39.7 Å². The van der Waals surface area contributed by atoms with Crippen molar-refractivity contribution in [1.29, 1.82) is 0 Å². The number of hydrogen-bond donors (Lipinski definition) is 1. The van der Waals surface area contributed by atoms with Crippen molar-refractivity contribution in [2.24, 2.45) is 0 Å². The van der Waals surface area contributed by atoms with Gasteiger partial charge in [-0.25, -0.2) is 4.39 Å². The monoisotopic (exact) mass is 300 g/mol. The van der Waals surface area contributed by atoms with Gasteiger partial charge in [-0.15, -0.1) is 0 Å². The number of halogens is 2. The third-order valence-electron chi connectivity index (χ3n) is 3.68. The molecule has 0 aliphatic carbocycles. The lowest BCUT2D eigenvalue weighted by Crippen LogP contribution is -2.36. The highest BCUT2D eigenvalue weighted by Crippen LogP contribution is 2.19. The first-order valence-electron chi connectivity index (χ1n) is 7.50. The fourth-order valence-electron chi connectivity index (χ4n) is 2.41. The van der Waals surface area contributed by atoms with Crippen molar-refractivity contribution >= 4 is 11.6 Å². The van der Waals surface area contributed by atoms with Crippen LogP contribution in [0.5, 0.6) is 0 Å². The maximum atomic E-state index is 14.0. The predicted octanol–water partition coefficient (Wildman–Crippen LogP) is 3.73. The summed E-state index contributed by atoms with van der Waals surface area (Å²) in [7, 11) is 0. The number of rotatable bonds is 9. The number of hydrogen-bond acceptors (Lipinski definition) is 2. The average Bonchev–Trinajstić information content (AvgIpc) is 2.45. The minimum atomic E-state index is -0.278. The molecule has 1 aromatic carbocycles. The van der Waals surface area contributed by atoms with E-state index in [0.29, 0.717) is 12.0 Å². The van der Waals surface area contributed by atoms with Crippen molar-refractivity contribution in [1.82, 2.24) is 10.2 Å². The molecule has 1 N–H and O–H groups in total. The van der Waals surface area contributed by atoms with Crippen LogP contribution in [-0.4, -0.2) is 37.1 Å². The van der Waals surface area contributed by atoms with Crippen LogP contribution in [0.1, 0.15) is 32.8 Å². The van der Waals surface area contributed by atoms with Gasteiger partial charge in [0.25, 0.3) is 0 Å². The first-order chi connectivity index (χ1) is 9.62. The Morgan fingerprint density at radius 3 is 2.55 bits per heavy atom. The summed E-state index contributed by atoms with van der Waals surface area (Å²) in [5, 5.41) is 3.65. The van der Waals surface area contributed by atoms with Gasteiger partial charge in [0.2, 0.25) is 0 Å². The van der Waals surface area contributed by atoms with Gasteiger partial charge in [0.15, 0.2) is 0 Å². The number of benzene rings is 1. The molecule has 2 nitrogen and oxygen atoms in total. The van der Waals surface area contributed by atoms with Gasteiger partial charge in [0, 0.05) is 6.04 Å². The Hall–Kier alpha value is -0.640. The molecule has 0 aliphatic heterocycles. The van der Waals surface area contributed by atoms with E-state index in [-0.39, 0.29) is 16.9 Å². The maximum Gasteiger partial charge on any atom is 0.145 e. The Labute approximate surface area is 127 Å². The Morgan fingerprint density at radius 1 is 1.25 bits per heavy atom. The molecule has 1 atom stereocenters. The van der Waals surface area contributed by atoms with Crippen LogP contribution < -0.4 is 5.32 Å². The van der Waals surface area contributed by atoms with Crippen LogP contribution in [0.4, 0.5) is 4.39 Å². The summed E-state index contributed by atoms with van der Waals surface area (Å²) in [6.07, 6.45) is 1.70. The molecule has 0 amide bonds. The molecule has 114 valence electrons. The zero-order valence-corrected chi connectivity index (χ0v) is 13.5. The lowest BCUT2D eigenvalue weighted by atomic mass is 10.0. The van der Waals surface area contributed by atoms with E-state index < -0.39 is 0 Å². The Morgan fingerprint density at radius 2 is 1.95 bits per heavy atom. The molecule has 4 heteroatoms. The molecular weight excluding hydrogens is 275 g/mol. The van der Waals surface area contributed by atoms with Crippen molar-refractivity contribution in [3.63, 3.8) is 0 Å². The molecule has 0 saturated carbocycles. The Kier molecular flexibility index (Phi) is 8.12. The molecule has 0 fully saturated rings. The molecular formula is C16H26ClFN2. The molecule has 1 rings (SSSR count). The van der Waals surface area contributed by atoms with Crippen LogP contribution in [0.3, 0.4) is 0 Å². The fraction of sp³-hybridized carbons (Fsp3) is 0.625. The van der Waals surface area contributed by atoms with Crippen LogP contribution in [0.2, 0.25) is 5.02 Å². The van der Waals surface area contributed by atoms with Gasteiger partial charge in [0.1, 0.15) is 5.82 Å². The summed E-state index contributed by atoms with van der Waals surface area (Å²) in [5.41, 5.74) is 0.697. The first kappa shape index (κ1) is 17.4. The molecule has 0 heterocycles. The van der Waals surface area contributed by atoms with E-state index in [0.717, 1.165) is 32.6 Å². The second-order valence-electron chi connectivity index (χ2n) is 4.99. The minimum absolute atomic E-state index is 0.210. The molecule has 1 aromatic rings. The zero-order valence-electron chi connectivity index (χ0n) is 12.8. The molecule has 0 radical (unpaired) electrons. The highest BCUT2D eigenvalue weighted by atomic mass is 35.5. The second-order valence-corrected chi connectivity index (χ2v) is 5.39. The lowest BCUT2D eigenvalue weighted by molar-refractivity contribution is 0.280. The summed E-state index contributed by atoms with van der Waals surface area (Å²) in [6, 6.07) is 5.52. The molecule has 1 unspecified atom stereocenters. The van der Waals surface area contributed by atoms with Gasteiger partial charge in [-0.2, -0.15) is 0 Å². The third kappa shape index (κ3) is 5.39. The molecule has 0 aromatic heterocycles. The minimum Gasteiger partial charge on any atom is -0.314 e. The van der Waals surface area contributed by atoms with E-state index in [1.54, 1.807) is 6.07 Å². The highest BCUT2D eigenvalue weighted by Gasteiger charge is 2.14. The van der Waals surface area contributed by atoms with E-state index in [1.807, 2.05) is 12.1 Å². The van der Waals surface area contributed by atoms with Crippen LogP contribution in [0.15, 0.2) is 18.2 Å². The van der Waals surface area contributed by atoms with Crippen molar-refractivity contribution in [2.75, 3.05) is 26.2 Å². The zero-order chi connectivity index (χ0) is 15.0. The number of nitrogens with zero attached hydrogens (tertiary/aromatic N) is 1. The van der Waals surface area contributed by atoms with Gasteiger partial charge in [-0.3, -0.25) is 0 Å². The van der Waals surface area contributed by atoms with E-state index in [4.69, 9.17) is 11.6 Å². The average molecular weight is 301 g/mol. The Balaban J connectivity index is 2.64. The van der Waals surface area contributed by atoms with E-state index in [2.05, 4.69) is 31.0 Å². The summed E-state index contributed by atoms with van der Waals surface area (Å²) >= 11 is 5.84. The number of nitrogens with one attached hydrogen (secondary N) is 1. The largest absolute Gasteiger partial charge is 0.314 e. The molecule has 0 aliphatic rings. The van der Waals surface area contributed by atoms with Crippen molar-refractivity contribution in [3.8, 4) is 0 Å². The van der Waals surface area contributed by atoms with Gasteiger partial charge in [-0.05, 0) is 50.7 Å². The first-order valence-corrected chi connectivity index (χ1v) is 7.88. The SMILES string of the molecule is CCNC(CCN(CC)CC)Cc1cccc(Cl)c1F. The standard InChI is InChI=1S/C16H26ClFN2/c1-4-19-14(10-11-20(5-2)6-3)12-13-8-7-9-15(17)16(13)18/h7-9,14,19H,4-6,10-12H2,1-3H3. The van der Waals surface area contributed by atoms with Crippen molar-refractivity contribution < 1.29 is 4.39 Å². The molecule has 20 heavy (non-hydrogen) atoms. The van der Waals surface area contributed by atoms with Gasteiger partial charge >= 0.3 is 0 Å². The van der Waals surface area contributed by atoms with Crippen LogP contribution >= 0.6 is 11.6 Å². The van der Waals surface area contributed by atoms with Crippen LogP contribution in [-0.2, 0) is 6.42 Å². The summed E-state index contributed by atoms with van der Waals surface area (Å²) in [4.78, 5) is 2.39. The predicted molar refractivity (Wildman–Crippen MR) is 85.0 cm³/mol. The van der Waals surface area contributed by atoms with Gasteiger partial charge in [0.05, 0.1) is 5.02 Å². The topological polar surface area (TPSA) is 15.3 Å². The Bertz CT molecular complexity index is 394. The highest BCUT2D eigenvalue weighted by molar-refractivity contribution is 6.30. The summed E-state index contributed by atoms with van der Waals surface area (Å²) in [6.45, 7) is 10.5. The number of likely N-dealkylation sites (N-methyl/N-ethyl adjacent to an activating group) is 1. The lowest BCUT2D eigenvalue weighted by Gasteiger charge is -2.23. The van der Waals surface area contributed by atoms with E-state index in [9.17, 15) is 4.39 Å². The maximum absolute atomic E-state index is 14.0. The van der Waals surface area contributed by atoms with Crippen LogP contribution in [0.25, 0.3) is 0 Å².